The molecule has 34 heavy (non-hydrogen) atoms. The van der Waals surface area contributed by atoms with E-state index in [0.29, 0.717) is 11.0 Å². The van der Waals surface area contributed by atoms with Crippen molar-refractivity contribution in [3.8, 4) is 22.8 Å². The standard InChI is InChI=1S/C22H17N7O4S/c30-19-7-6-18(29(32)33)12-16(19)13-24-25-20(31)14-34-22-27-26-21(15-8-10-23-11-9-15)28(22)17-4-2-1-3-5-17/h1-13,30H,14H2,(H,25,31)/b24-13-. The van der Waals surface area contributed by atoms with Crippen molar-refractivity contribution in [2.45, 2.75) is 5.16 Å². The topological polar surface area (TPSA) is 148 Å². The van der Waals surface area contributed by atoms with Crippen LogP contribution in [-0.4, -0.2) is 47.7 Å². The monoisotopic (exact) mass is 475 g/mol. The lowest BCUT2D eigenvalue weighted by molar-refractivity contribution is -0.384. The Morgan fingerprint density at radius 1 is 1.15 bits per heavy atom. The Hall–Kier alpha value is -4.58. The van der Waals surface area contributed by atoms with Gasteiger partial charge in [0.05, 0.1) is 16.9 Å². The number of nitro groups is 1. The van der Waals surface area contributed by atoms with Gasteiger partial charge < -0.3 is 5.11 Å². The number of carbonyl (C=O) groups excluding carboxylic acids is 1. The van der Waals surface area contributed by atoms with E-state index < -0.39 is 10.8 Å². The van der Waals surface area contributed by atoms with E-state index >= 15 is 0 Å². The number of amides is 1. The lowest BCUT2D eigenvalue weighted by atomic mass is 10.2. The molecule has 0 fully saturated rings. The van der Waals surface area contributed by atoms with Crippen LogP contribution in [0.2, 0.25) is 0 Å². The van der Waals surface area contributed by atoms with Crippen LogP contribution in [0.1, 0.15) is 5.56 Å². The van der Waals surface area contributed by atoms with Crippen LogP contribution in [0.15, 0.2) is 83.3 Å². The molecule has 0 aliphatic carbocycles. The minimum atomic E-state index is -0.588. The van der Waals surface area contributed by atoms with Gasteiger partial charge in [-0.2, -0.15) is 5.10 Å². The van der Waals surface area contributed by atoms with Crippen molar-refractivity contribution in [1.29, 1.82) is 0 Å². The zero-order chi connectivity index (χ0) is 23.9. The molecule has 11 nitrogen and oxygen atoms in total. The second-order valence-corrected chi connectivity index (χ2v) is 7.74. The van der Waals surface area contributed by atoms with Crippen molar-refractivity contribution in [2.75, 3.05) is 5.75 Å². The van der Waals surface area contributed by atoms with Gasteiger partial charge in [0, 0.05) is 41.3 Å². The average molecular weight is 475 g/mol. The number of rotatable bonds is 8. The second-order valence-electron chi connectivity index (χ2n) is 6.80. The van der Waals surface area contributed by atoms with E-state index in [1.807, 2.05) is 47.0 Å². The number of pyridine rings is 1. The van der Waals surface area contributed by atoms with E-state index in [9.17, 15) is 20.0 Å². The van der Waals surface area contributed by atoms with Gasteiger partial charge in [0.1, 0.15) is 5.75 Å². The first-order valence-electron chi connectivity index (χ1n) is 9.86. The summed E-state index contributed by atoms with van der Waals surface area (Å²) in [7, 11) is 0. The summed E-state index contributed by atoms with van der Waals surface area (Å²) in [6.45, 7) is 0. The van der Waals surface area contributed by atoms with Crippen LogP contribution in [0.4, 0.5) is 5.69 Å². The number of phenols is 1. The van der Waals surface area contributed by atoms with Gasteiger partial charge in [0.15, 0.2) is 11.0 Å². The zero-order valence-electron chi connectivity index (χ0n) is 17.5. The molecule has 0 radical (unpaired) electrons. The van der Waals surface area contributed by atoms with Gasteiger partial charge >= 0.3 is 0 Å². The number of aromatic nitrogens is 4. The Balaban J connectivity index is 1.47. The molecule has 2 aromatic heterocycles. The quantitative estimate of drug-likeness (QED) is 0.171. The molecule has 0 aliphatic rings. The van der Waals surface area contributed by atoms with E-state index in [2.05, 4.69) is 25.7 Å². The highest BCUT2D eigenvalue weighted by molar-refractivity contribution is 7.99. The number of hydrazone groups is 1. The molecule has 0 aliphatic heterocycles. The maximum Gasteiger partial charge on any atom is 0.270 e. The zero-order valence-corrected chi connectivity index (χ0v) is 18.3. The first-order valence-corrected chi connectivity index (χ1v) is 10.8. The summed E-state index contributed by atoms with van der Waals surface area (Å²) in [5, 5.41) is 33.5. The number of nitrogens with zero attached hydrogens (tertiary/aromatic N) is 6. The van der Waals surface area contributed by atoms with Crippen molar-refractivity contribution in [2.24, 2.45) is 5.10 Å². The minimum absolute atomic E-state index is 0.0143. The fourth-order valence-corrected chi connectivity index (χ4v) is 3.70. The smallest absolute Gasteiger partial charge is 0.270 e. The van der Waals surface area contributed by atoms with Crippen molar-refractivity contribution in [3.63, 3.8) is 0 Å². The Morgan fingerprint density at radius 2 is 1.91 bits per heavy atom. The van der Waals surface area contributed by atoms with Gasteiger partial charge in [0.25, 0.3) is 11.6 Å². The van der Waals surface area contributed by atoms with Gasteiger partial charge in [0.2, 0.25) is 0 Å². The number of benzene rings is 2. The number of carbonyl (C=O) groups is 1. The largest absolute Gasteiger partial charge is 0.507 e. The number of non-ortho nitro benzene ring substituents is 1. The summed E-state index contributed by atoms with van der Waals surface area (Å²) in [6, 6.07) is 16.7. The fourth-order valence-electron chi connectivity index (χ4n) is 2.96. The fraction of sp³-hybridized carbons (Fsp3) is 0.0455. The number of para-hydroxylation sites is 1. The van der Waals surface area contributed by atoms with Gasteiger partial charge in [-0.1, -0.05) is 30.0 Å². The molecule has 4 aromatic rings. The number of hydrogen-bond acceptors (Lipinski definition) is 9. The SMILES string of the molecule is O=C(CSc1nnc(-c2ccncc2)n1-c1ccccc1)N/N=C\c1cc([N+](=O)[O-])ccc1O. The highest BCUT2D eigenvalue weighted by Crippen LogP contribution is 2.27. The number of nitrogens with one attached hydrogen (secondary N) is 1. The summed E-state index contributed by atoms with van der Waals surface area (Å²) < 4.78 is 1.84. The predicted octanol–water partition coefficient (Wildman–Crippen LogP) is 3.19. The summed E-state index contributed by atoms with van der Waals surface area (Å²) in [4.78, 5) is 26.6. The van der Waals surface area contributed by atoms with Crippen molar-refractivity contribution in [1.82, 2.24) is 25.2 Å². The minimum Gasteiger partial charge on any atom is -0.507 e. The second kappa shape index (κ2) is 10.4. The lowest BCUT2D eigenvalue weighted by Crippen LogP contribution is -2.20. The third-order valence-corrected chi connectivity index (χ3v) is 5.46. The lowest BCUT2D eigenvalue weighted by Gasteiger charge is -2.10. The number of hydrogen-bond donors (Lipinski definition) is 2. The normalized spacial score (nSPS) is 10.9. The third kappa shape index (κ3) is 5.24. The van der Waals surface area contributed by atoms with E-state index in [4.69, 9.17) is 0 Å². The molecule has 2 N–H and O–H groups in total. The van der Waals surface area contributed by atoms with E-state index in [-0.39, 0.29) is 22.8 Å². The summed E-state index contributed by atoms with van der Waals surface area (Å²) >= 11 is 1.17. The average Bonchev–Trinajstić information content (AvgIpc) is 3.29. The molecule has 1 amide bonds. The maximum absolute atomic E-state index is 12.3. The van der Waals surface area contributed by atoms with Crippen LogP contribution in [0.5, 0.6) is 5.75 Å². The molecule has 0 spiro atoms. The Labute approximate surface area is 197 Å². The summed E-state index contributed by atoms with van der Waals surface area (Å²) in [5.41, 5.74) is 3.90. The molecular formula is C22H17N7O4S. The number of aromatic hydroxyl groups is 1. The van der Waals surface area contributed by atoms with E-state index in [1.54, 1.807) is 12.4 Å². The molecular weight excluding hydrogens is 458 g/mol. The Morgan fingerprint density at radius 3 is 2.65 bits per heavy atom. The van der Waals surface area contributed by atoms with Crippen molar-refractivity contribution in [3.05, 3.63) is 88.7 Å². The Bertz CT molecular complexity index is 1340. The van der Waals surface area contributed by atoms with Crippen LogP contribution < -0.4 is 5.43 Å². The molecule has 170 valence electrons. The molecule has 0 saturated carbocycles. The number of phenolic OH excluding ortho intramolecular Hbond substituents is 1. The van der Waals surface area contributed by atoms with Crippen LogP contribution in [-0.2, 0) is 4.79 Å². The van der Waals surface area contributed by atoms with Crippen molar-refractivity contribution < 1.29 is 14.8 Å². The maximum atomic E-state index is 12.3. The summed E-state index contributed by atoms with van der Waals surface area (Å²) in [6.07, 6.45) is 4.46. The van der Waals surface area contributed by atoms with E-state index in [0.717, 1.165) is 23.5 Å². The number of thioether (sulfide) groups is 1. The first kappa shape index (κ1) is 22.6. The molecule has 4 rings (SSSR count). The Kier molecular flexibility index (Phi) is 6.89. The van der Waals surface area contributed by atoms with Crippen LogP contribution >= 0.6 is 11.8 Å². The van der Waals surface area contributed by atoms with Crippen LogP contribution in [0.25, 0.3) is 17.1 Å². The molecule has 0 unspecified atom stereocenters. The first-order chi connectivity index (χ1) is 16.5. The molecule has 12 heteroatoms. The number of nitro benzene ring substituents is 1. The molecule has 0 bridgehead atoms. The van der Waals surface area contributed by atoms with Gasteiger partial charge in [-0.15, -0.1) is 10.2 Å². The van der Waals surface area contributed by atoms with E-state index in [1.165, 1.54) is 23.9 Å². The molecule has 2 heterocycles. The third-order valence-electron chi connectivity index (χ3n) is 4.53. The predicted molar refractivity (Wildman–Crippen MR) is 126 cm³/mol. The highest BCUT2D eigenvalue weighted by Gasteiger charge is 2.17. The summed E-state index contributed by atoms with van der Waals surface area (Å²) in [5.74, 6) is -0.0351. The van der Waals surface area contributed by atoms with Gasteiger partial charge in [-0.05, 0) is 30.3 Å². The van der Waals surface area contributed by atoms with Gasteiger partial charge in [-0.3, -0.25) is 24.5 Å². The van der Waals surface area contributed by atoms with Crippen molar-refractivity contribution >= 4 is 29.6 Å². The molecule has 0 saturated heterocycles. The van der Waals surface area contributed by atoms with Crippen LogP contribution in [0, 0.1) is 10.1 Å². The van der Waals surface area contributed by atoms with Crippen LogP contribution in [0.3, 0.4) is 0 Å². The molecule has 2 aromatic carbocycles. The van der Waals surface area contributed by atoms with Gasteiger partial charge in [-0.25, -0.2) is 5.43 Å². The highest BCUT2D eigenvalue weighted by atomic mass is 32.2. The molecule has 0 atom stereocenters.